The van der Waals surface area contributed by atoms with Gasteiger partial charge in [0.1, 0.15) is 0 Å². The Labute approximate surface area is 137 Å². The molecule has 1 aromatic carbocycles. The summed E-state index contributed by atoms with van der Waals surface area (Å²) in [6.07, 6.45) is 5.92. The normalized spacial score (nSPS) is 27.5. The van der Waals surface area contributed by atoms with Crippen LogP contribution in [0.15, 0.2) is 28.7 Å². The first-order valence-electron chi connectivity index (χ1n) is 8.15. The van der Waals surface area contributed by atoms with E-state index in [1.165, 1.54) is 31.2 Å². The smallest absolute Gasteiger partial charge is 0.0837 e. The third-order valence-corrected chi connectivity index (χ3v) is 5.42. The molecule has 1 saturated carbocycles. The van der Waals surface area contributed by atoms with E-state index in [9.17, 15) is 0 Å². The molecule has 3 heteroatoms. The first-order chi connectivity index (χ1) is 10.1. The average molecular weight is 354 g/mol. The SMILES string of the molecule is CCOC1(C(Cc2ccc(Br)cc2)NC)CCC(C)CC1. The Morgan fingerprint density at radius 2 is 1.90 bits per heavy atom. The number of halogens is 1. The van der Waals surface area contributed by atoms with Crippen molar-refractivity contribution >= 4 is 15.9 Å². The minimum Gasteiger partial charge on any atom is -0.374 e. The van der Waals surface area contributed by atoms with Gasteiger partial charge in [-0.15, -0.1) is 0 Å². The summed E-state index contributed by atoms with van der Waals surface area (Å²) >= 11 is 3.51. The summed E-state index contributed by atoms with van der Waals surface area (Å²) in [5.74, 6) is 0.837. The monoisotopic (exact) mass is 353 g/mol. The first kappa shape index (κ1) is 17.0. The van der Waals surface area contributed by atoms with Crippen molar-refractivity contribution in [1.82, 2.24) is 5.32 Å². The maximum atomic E-state index is 6.30. The maximum Gasteiger partial charge on any atom is 0.0837 e. The van der Waals surface area contributed by atoms with Crippen molar-refractivity contribution in [3.63, 3.8) is 0 Å². The molecule has 1 fully saturated rings. The Morgan fingerprint density at radius 1 is 1.29 bits per heavy atom. The summed E-state index contributed by atoms with van der Waals surface area (Å²) in [7, 11) is 2.07. The highest BCUT2D eigenvalue weighted by Crippen LogP contribution is 2.38. The second kappa shape index (κ2) is 7.75. The molecule has 0 amide bonds. The van der Waals surface area contributed by atoms with Crippen LogP contribution in [0.3, 0.4) is 0 Å². The minimum atomic E-state index is 0.00306. The van der Waals surface area contributed by atoms with Gasteiger partial charge in [0.2, 0.25) is 0 Å². The fourth-order valence-corrected chi connectivity index (χ4v) is 3.80. The number of hydrogen-bond donors (Lipinski definition) is 1. The molecule has 1 atom stereocenters. The van der Waals surface area contributed by atoms with Gasteiger partial charge in [0.15, 0.2) is 0 Å². The Kier molecular flexibility index (Phi) is 6.27. The molecule has 118 valence electrons. The van der Waals surface area contributed by atoms with Crippen molar-refractivity contribution in [2.75, 3.05) is 13.7 Å². The van der Waals surface area contributed by atoms with Crippen LogP contribution in [0.1, 0.15) is 45.1 Å². The molecule has 1 N–H and O–H groups in total. The number of ether oxygens (including phenoxy) is 1. The topological polar surface area (TPSA) is 21.3 Å². The van der Waals surface area contributed by atoms with Crippen molar-refractivity contribution in [1.29, 1.82) is 0 Å². The highest BCUT2D eigenvalue weighted by molar-refractivity contribution is 9.10. The van der Waals surface area contributed by atoms with Crippen molar-refractivity contribution in [2.45, 2.75) is 57.6 Å². The summed E-state index contributed by atoms with van der Waals surface area (Å²) in [5, 5.41) is 3.54. The van der Waals surface area contributed by atoms with Gasteiger partial charge in [0, 0.05) is 17.1 Å². The Morgan fingerprint density at radius 3 is 2.43 bits per heavy atom. The van der Waals surface area contributed by atoms with Crippen LogP contribution in [0.2, 0.25) is 0 Å². The zero-order valence-electron chi connectivity index (χ0n) is 13.5. The van der Waals surface area contributed by atoms with Gasteiger partial charge in [-0.1, -0.05) is 35.0 Å². The Hall–Kier alpha value is -0.380. The van der Waals surface area contributed by atoms with E-state index in [4.69, 9.17) is 4.74 Å². The van der Waals surface area contributed by atoms with Crippen LogP contribution < -0.4 is 5.32 Å². The van der Waals surface area contributed by atoms with Crippen LogP contribution in [0, 0.1) is 5.92 Å². The van der Waals surface area contributed by atoms with Crippen LogP contribution >= 0.6 is 15.9 Å². The molecule has 0 aromatic heterocycles. The van der Waals surface area contributed by atoms with E-state index in [2.05, 4.69) is 66.4 Å². The summed E-state index contributed by atoms with van der Waals surface area (Å²) < 4.78 is 7.43. The average Bonchev–Trinajstić information content (AvgIpc) is 2.49. The van der Waals surface area contributed by atoms with Crippen LogP contribution in [-0.2, 0) is 11.2 Å². The second-order valence-corrected chi connectivity index (χ2v) is 7.27. The summed E-state index contributed by atoms with van der Waals surface area (Å²) in [6.45, 7) is 5.28. The number of rotatable bonds is 6. The summed E-state index contributed by atoms with van der Waals surface area (Å²) in [5.41, 5.74) is 1.37. The zero-order valence-corrected chi connectivity index (χ0v) is 15.1. The lowest BCUT2D eigenvalue weighted by Gasteiger charge is -2.45. The highest BCUT2D eigenvalue weighted by Gasteiger charge is 2.41. The van der Waals surface area contributed by atoms with Crippen LogP contribution in [0.5, 0.6) is 0 Å². The largest absolute Gasteiger partial charge is 0.374 e. The van der Waals surface area contributed by atoms with Crippen LogP contribution in [-0.4, -0.2) is 25.3 Å². The number of nitrogens with one attached hydrogen (secondary N) is 1. The molecule has 2 rings (SSSR count). The van der Waals surface area contributed by atoms with Gasteiger partial charge < -0.3 is 10.1 Å². The van der Waals surface area contributed by atoms with Crippen molar-refractivity contribution in [3.05, 3.63) is 34.3 Å². The van der Waals surface area contributed by atoms with Gasteiger partial charge in [0.05, 0.1) is 5.60 Å². The summed E-state index contributed by atoms with van der Waals surface area (Å²) in [4.78, 5) is 0. The molecule has 0 spiro atoms. The van der Waals surface area contributed by atoms with Gasteiger partial charge in [-0.3, -0.25) is 0 Å². The van der Waals surface area contributed by atoms with E-state index < -0.39 is 0 Å². The second-order valence-electron chi connectivity index (χ2n) is 6.35. The zero-order chi connectivity index (χ0) is 15.3. The van der Waals surface area contributed by atoms with E-state index >= 15 is 0 Å². The van der Waals surface area contributed by atoms with Crippen molar-refractivity contribution < 1.29 is 4.74 Å². The Balaban J connectivity index is 2.13. The predicted molar refractivity (Wildman–Crippen MR) is 92.7 cm³/mol. The molecule has 0 radical (unpaired) electrons. The Bertz CT molecular complexity index is 423. The first-order valence-corrected chi connectivity index (χ1v) is 8.94. The number of hydrogen-bond acceptors (Lipinski definition) is 2. The van der Waals surface area contributed by atoms with E-state index in [1.807, 2.05) is 0 Å². The molecular weight excluding hydrogens is 326 g/mol. The number of likely N-dealkylation sites (N-methyl/N-ethyl adjacent to an activating group) is 1. The van der Waals surface area contributed by atoms with E-state index in [0.29, 0.717) is 6.04 Å². The molecule has 1 aliphatic carbocycles. The third kappa shape index (κ3) is 4.30. The molecule has 0 saturated heterocycles. The van der Waals surface area contributed by atoms with Crippen LogP contribution in [0.4, 0.5) is 0 Å². The maximum absolute atomic E-state index is 6.30. The summed E-state index contributed by atoms with van der Waals surface area (Å²) in [6, 6.07) is 9.04. The standard InChI is InChI=1S/C18H28BrNO/c1-4-21-18(11-9-14(2)10-12-18)17(20-3)13-15-5-7-16(19)8-6-15/h5-8,14,17,20H,4,9-13H2,1-3H3. The molecular formula is C18H28BrNO. The molecule has 0 aliphatic heterocycles. The highest BCUT2D eigenvalue weighted by atomic mass is 79.9. The lowest BCUT2D eigenvalue weighted by molar-refractivity contribution is -0.0947. The van der Waals surface area contributed by atoms with E-state index in [-0.39, 0.29) is 5.60 Å². The lowest BCUT2D eigenvalue weighted by Crippen LogP contribution is -2.54. The predicted octanol–water partition coefficient (Wildman–Crippen LogP) is 4.57. The molecule has 1 unspecified atom stereocenters. The van der Waals surface area contributed by atoms with Gasteiger partial charge >= 0.3 is 0 Å². The molecule has 2 nitrogen and oxygen atoms in total. The fourth-order valence-electron chi connectivity index (χ4n) is 3.54. The molecule has 21 heavy (non-hydrogen) atoms. The van der Waals surface area contributed by atoms with Gasteiger partial charge in [-0.2, -0.15) is 0 Å². The van der Waals surface area contributed by atoms with Crippen LogP contribution in [0.25, 0.3) is 0 Å². The van der Waals surface area contributed by atoms with E-state index in [0.717, 1.165) is 23.4 Å². The van der Waals surface area contributed by atoms with Gasteiger partial charge in [0.25, 0.3) is 0 Å². The van der Waals surface area contributed by atoms with Gasteiger partial charge in [-0.05, 0) is 69.7 Å². The van der Waals surface area contributed by atoms with Crippen molar-refractivity contribution in [3.8, 4) is 0 Å². The van der Waals surface area contributed by atoms with Crippen molar-refractivity contribution in [2.24, 2.45) is 5.92 Å². The molecule has 0 bridgehead atoms. The third-order valence-electron chi connectivity index (χ3n) is 4.89. The van der Waals surface area contributed by atoms with E-state index in [1.54, 1.807) is 0 Å². The quantitative estimate of drug-likeness (QED) is 0.808. The fraction of sp³-hybridized carbons (Fsp3) is 0.667. The minimum absolute atomic E-state index is 0.00306. The lowest BCUT2D eigenvalue weighted by atomic mass is 9.73. The molecule has 1 aromatic rings. The molecule has 0 heterocycles. The number of benzene rings is 1. The molecule has 1 aliphatic rings. The van der Waals surface area contributed by atoms with Gasteiger partial charge in [-0.25, -0.2) is 0 Å².